The third-order valence-corrected chi connectivity index (χ3v) is 3.25. The number of nitrogens with one attached hydrogen (secondary N) is 2. The standard InChI is InChI=1S/C15H14ClFN2S/c1-9-3-5-14(12(17)7-9)19-15(20)18-13-6-4-11(16)8-10(13)2/h3-8H,1-2H3,(H2,18,19,20). The molecule has 2 rings (SSSR count). The van der Waals surface area contributed by atoms with Crippen LogP contribution in [0.15, 0.2) is 36.4 Å². The van der Waals surface area contributed by atoms with Crippen LogP contribution in [0, 0.1) is 19.7 Å². The van der Waals surface area contributed by atoms with Crippen LogP contribution in [-0.4, -0.2) is 5.11 Å². The SMILES string of the molecule is Cc1ccc(NC(=S)Nc2ccc(Cl)cc2C)c(F)c1. The summed E-state index contributed by atoms with van der Waals surface area (Å²) in [6.45, 7) is 3.75. The molecular formula is C15H14ClFN2S. The van der Waals surface area contributed by atoms with E-state index in [0.29, 0.717) is 15.8 Å². The molecule has 104 valence electrons. The molecule has 0 aliphatic rings. The summed E-state index contributed by atoms with van der Waals surface area (Å²) in [6, 6.07) is 10.4. The number of rotatable bonds is 2. The summed E-state index contributed by atoms with van der Waals surface area (Å²) in [6.07, 6.45) is 0. The summed E-state index contributed by atoms with van der Waals surface area (Å²) in [5, 5.41) is 6.86. The molecule has 0 radical (unpaired) electrons. The van der Waals surface area contributed by atoms with Gasteiger partial charge in [-0.15, -0.1) is 0 Å². The van der Waals surface area contributed by atoms with E-state index in [1.54, 1.807) is 12.1 Å². The van der Waals surface area contributed by atoms with Gasteiger partial charge in [0.15, 0.2) is 5.11 Å². The minimum atomic E-state index is -0.332. The third-order valence-electron chi connectivity index (χ3n) is 2.81. The summed E-state index contributed by atoms with van der Waals surface area (Å²) < 4.78 is 13.7. The van der Waals surface area contributed by atoms with Gasteiger partial charge in [0.2, 0.25) is 0 Å². The van der Waals surface area contributed by atoms with E-state index in [1.165, 1.54) is 6.07 Å². The van der Waals surface area contributed by atoms with Crippen molar-refractivity contribution in [3.63, 3.8) is 0 Å². The molecule has 0 saturated heterocycles. The first kappa shape index (κ1) is 14.8. The zero-order valence-corrected chi connectivity index (χ0v) is 12.7. The summed E-state index contributed by atoms with van der Waals surface area (Å²) in [5.74, 6) is -0.332. The largest absolute Gasteiger partial charge is 0.332 e. The van der Waals surface area contributed by atoms with Gasteiger partial charge in [0.05, 0.1) is 5.69 Å². The van der Waals surface area contributed by atoms with Crippen molar-refractivity contribution in [2.45, 2.75) is 13.8 Å². The van der Waals surface area contributed by atoms with Crippen LogP contribution in [0.3, 0.4) is 0 Å². The Morgan fingerprint density at radius 3 is 2.35 bits per heavy atom. The normalized spacial score (nSPS) is 10.2. The molecule has 2 aromatic carbocycles. The topological polar surface area (TPSA) is 24.1 Å². The zero-order valence-electron chi connectivity index (χ0n) is 11.1. The first-order chi connectivity index (χ1) is 9.45. The average molecular weight is 309 g/mol. The summed E-state index contributed by atoms with van der Waals surface area (Å²) in [4.78, 5) is 0. The van der Waals surface area contributed by atoms with E-state index in [-0.39, 0.29) is 5.82 Å². The van der Waals surface area contributed by atoms with E-state index in [0.717, 1.165) is 16.8 Å². The first-order valence-electron chi connectivity index (χ1n) is 6.06. The van der Waals surface area contributed by atoms with Crippen molar-refractivity contribution in [1.29, 1.82) is 0 Å². The van der Waals surface area contributed by atoms with Gasteiger partial charge >= 0.3 is 0 Å². The van der Waals surface area contributed by atoms with E-state index in [1.807, 2.05) is 32.0 Å². The van der Waals surface area contributed by atoms with Crippen LogP contribution in [0.5, 0.6) is 0 Å². The number of thiocarbonyl (C=S) groups is 1. The molecule has 5 heteroatoms. The summed E-state index contributed by atoms with van der Waals surface area (Å²) in [5.41, 5.74) is 3.01. The molecule has 0 amide bonds. The molecule has 0 aliphatic heterocycles. The maximum absolute atomic E-state index is 13.7. The van der Waals surface area contributed by atoms with Gasteiger partial charge in [0, 0.05) is 10.7 Å². The molecule has 0 aliphatic carbocycles. The van der Waals surface area contributed by atoms with E-state index in [4.69, 9.17) is 23.8 Å². The predicted octanol–water partition coefficient (Wildman–Crippen LogP) is 4.90. The number of hydrogen-bond donors (Lipinski definition) is 2. The molecule has 0 bridgehead atoms. The molecule has 0 saturated carbocycles. The predicted molar refractivity (Wildman–Crippen MR) is 87.2 cm³/mol. The molecule has 2 nitrogen and oxygen atoms in total. The molecule has 20 heavy (non-hydrogen) atoms. The fourth-order valence-corrected chi connectivity index (χ4v) is 2.21. The number of hydrogen-bond acceptors (Lipinski definition) is 1. The molecule has 0 aromatic heterocycles. The molecule has 2 N–H and O–H groups in total. The van der Waals surface area contributed by atoms with Gasteiger partial charge in [-0.3, -0.25) is 0 Å². The van der Waals surface area contributed by atoms with Crippen molar-refractivity contribution in [1.82, 2.24) is 0 Å². The highest BCUT2D eigenvalue weighted by Gasteiger charge is 2.06. The lowest BCUT2D eigenvalue weighted by atomic mass is 10.2. The number of halogens is 2. The molecule has 0 heterocycles. The number of anilines is 2. The van der Waals surface area contributed by atoms with E-state index < -0.39 is 0 Å². The Labute approximate surface area is 128 Å². The lowest BCUT2D eigenvalue weighted by molar-refractivity contribution is 0.631. The van der Waals surface area contributed by atoms with Crippen LogP contribution in [-0.2, 0) is 0 Å². The average Bonchev–Trinajstić information content (AvgIpc) is 2.36. The molecule has 0 fully saturated rings. The van der Waals surface area contributed by atoms with Crippen molar-refractivity contribution in [2.24, 2.45) is 0 Å². The maximum Gasteiger partial charge on any atom is 0.175 e. The van der Waals surface area contributed by atoms with Crippen LogP contribution in [0.1, 0.15) is 11.1 Å². The monoisotopic (exact) mass is 308 g/mol. The van der Waals surface area contributed by atoms with Gasteiger partial charge in [-0.1, -0.05) is 17.7 Å². The highest BCUT2D eigenvalue weighted by Crippen LogP contribution is 2.20. The van der Waals surface area contributed by atoms with Crippen molar-refractivity contribution in [3.05, 3.63) is 58.4 Å². The number of benzene rings is 2. The van der Waals surface area contributed by atoms with Gasteiger partial charge in [-0.2, -0.15) is 0 Å². The minimum Gasteiger partial charge on any atom is -0.332 e. The zero-order chi connectivity index (χ0) is 14.7. The molecular weight excluding hydrogens is 295 g/mol. The van der Waals surface area contributed by atoms with Crippen molar-refractivity contribution < 1.29 is 4.39 Å². The molecule has 2 aromatic rings. The van der Waals surface area contributed by atoms with Gasteiger partial charge in [-0.25, -0.2) is 4.39 Å². The minimum absolute atomic E-state index is 0.332. The third kappa shape index (κ3) is 3.68. The number of aryl methyl sites for hydroxylation is 2. The summed E-state index contributed by atoms with van der Waals surface area (Å²) >= 11 is 11.1. The van der Waals surface area contributed by atoms with Gasteiger partial charge < -0.3 is 10.6 Å². The van der Waals surface area contributed by atoms with E-state index >= 15 is 0 Å². The lowest BCUT2D eigenvalue weighted by Crippen LogP contribution is -2.20. The van der Waals surface area contributed by atoms with Gasteiger partial charge in [-0.05, 0) is 67.5 Å². The van der Waals surface area contributed by atoms with Gasteiger partial charge in [0.1, 0.15) is 5.82 Å². The van der Waals surface area contributed by atoms with Gasteiger partial charge in [0.25, 0.3) is 0 Å². The van der Waals surface area contributed by atoms with Crippen LogP contribution < -0.4 is 10.6 Å². The Morgan fingerprint density at radius 1 is 1.05 bits per heavy atom. The highest BCUT2D eigenvalue weighted by atomic mass is 35.5. The Bertz CT molecular complexity index is 603. The lowest BCUT2D eigenvalue weighted by Gasteiger charge is -2.13. The smallest absolute Gasteiger partial charge is 0.175 e. The summed E-state index contributed by atoms with van der Waals surface area (Å²) in [7, 11) is 0. The fraction of sp³-hybridized carbons (Fsp3) is 0.133. The van der Waals surface area contributed by atoms with E-state index in [2.05, 4.69) is 10.6 Å². The fourth-order valence-electron chi connectivity index (χ4n) is 1.76. The first-order valence-corrected chi connectivity index (χ1v) is 6.84. The van der Waals surface area contributed by atoms with Crippen molar-refractivity contribution >= 4 is 40.3 Å². The second-order valence-electron chi connectivity index (χ2n) is 4.52. The van der Waals surface area contributed by atoms with Crippen LogP contribution in [0.2, 0.25) is 5.02 Å². The maximum atomic E-state index is 13.7. The molecule has 0 unspecified atom stereocenters. The quantitative estimate of drug-likeness (QED) is 0.771. The second kappa shape index (κ2) is 6.20. The van der Waals surface area contributed by atoms with Crippen molar-refractivity contribution in [3.8, 4) is 0 Å². The van der Waals surface area contributed by atoms with Crippen molar-refractivity contribution in [2.75, 3.05) is 10.6 Å². The molecule has 0 atom stereocenters. The Hall–Kier alpha value is -1.65. The van der Waals surface area contributed by atoms with E-state index in [9.17, 15) is 4.39 Å². The Balaban J connectivity index is 2.09. The van der Waals surface area contributed by atoms with Crippen LogP contribution >= 0.6 is 23.8 Å². The second-order valence-corrected chi connectivity index (χ2v) is 5.37. The highest BCUT2D eigenvalue weighted by molar-refractivity contribution is 7.80. The van der Waals surface area contributed by atoms with Crippen LogP contribution in [0.4, 0.5) is 15.8 Å². The van der Waals surface area contributed by atoms with Crippen LogP contribution in [0.25, 0.3) is 0 Å². The molecule has 0 spiro atoms. The Kier molecular flexibility index (Phi) is 4.57. The Morgan fingerprint density at radius 2 is 1.70 bits per heavy atom.